The average molecular weight is 344 g/mol. The third kappa shape index (κ3) is 3.16. The Bertz CT molecular complexity index is 786. The van der Waals surface area contributed by atoms with E-state index in [0.29, 0.717) is 17.1 Å². The quantitative estimate of drug-likeness (QED) is 0.685. The van der Waals surface area contributed by atoms with Gasteiger partial charge in [0.2, 0.25) is 0 Å². The molecule has 0 spiro atoms. The van der Waals surface area contributed by atoms with Gasteiger partial charge < -0.3 is 15.0 Å². The van der Waals surface area contributed by atoms with E-state index in [0.717, 1.165) is 17.7 Å². The zero-order valence-corrected chi connectivity index (χ0v) is 13.9. The summed E-state index contributed by atoms with van der Waals surface area (Å²) < 4.78 is 4.66. The number of thiophene rings is 1. The maximum Gasteiger partial charge on any atom is 0.397 e. The molecular formula is C17H16N2O4S. The van der Waals surface area contributed by atoms with Gasteiger partial charge in [-0.15, -0.1) is 11.3 Å². The highest BCUT2D eigenvalue weighted by Crippen LogP contribution is 2.32. The molecule has 3 rings (SSSR count). The molecule has 0 atom stereocenters. The summed E-state index contributed by atoms with van der Waals surface area (Å²) in [6.07, 6.45) is 0.762. The van der Waals surface area contributed by atoms with Gasteiger partial charge in [0.05, 0.1) is 11.5 Å². The summed E-state index contributed by atoms with van der Waals surface area (Å²) in [6, 6.07) is 8.92. The van der Waals surface area contributed by atoms with E-state index in [-0.39, 0.29) is 12.5 Å². The fraction of sp³-hybridized carbons (Fsp3) is 0.235. The number of nitrogens with zero attached hydrogens (tertiary/aromatic N) is 1. The van der Waals surface area contributed by atoms with Crippen LogP contribution in [0.3, 0.4) is 0 Å². The summed E-state index contributed by atoms with van der Waals surface area (Å²) in [5, 5.41) is 4.36. The van der Waals surface area contributed by atoms with Gasteiger partial charge in [-0.05, 0) is 42.5 Å². The SMILES string of the molecule is CCOC(=O)C(=O)Nc1ccc2c(c1)N(C(=O)c1cccs1)CC2. The molecule has 2 aromatic rings. The van der Waals surface area contributed by atoms with Crippen molar-refractivity contribution in [3.05, 3.63) is 46.2 Å². The first-order chi connectivity index (χ1) is 11.6. The van der Waals surface area contributed by atoms with Crippen LogP contribution in [-0.4, -0.2) is 30.9 Å². The first kappa shape index (κ1) is 16.2. The van der Waals surface area contributed by atoms with Crippen molar-refractivity contribution in [3.8, 4) is 0 Å². The van der Waals surface area contributed by atoms with Gasteiger partial charge in [0, 0.05) is 17.9 Å². The number of nitrogens with one attached hydrogen (secondary N) is 1. The lowest BCUT2D eigenvalue weighted by Gasteiger charge is -2.17. The van der Waals surface area contributed by atoms with E-state index in [4.69, 9.17) is 0 Å². The molecule has 0 aliphatic carbocycles. The van der Waals surface area contributed by atoms with E-state index in [9.17, 15) is 14.4 Å². The highest BCUT2D eigenvalue weighted by atomic mass is 32.1. The molecule has 1 aliphatic rings. The molecule has 0 radical (unpaired) electrons. The van der Waals surface area contributed by atoms with Gasteiger partial charge in [0.15, 0.2) is 0 Å². The summed E-state index contributed by atoms with van der Waals surface area (Å²) in [5.41, 5.74) is 2.25. The molecule has 1 aliphatic heterocycles. The third-order valence-corrected chi connectivity index (χ3v) is 4.53. The molecule has 6 nitrogen and oxygen atoms in total. The van der Waals surface area contributed by atoms with Crippen LogP contribution in [0.2, 0.25) is 0 Å². The molecule has 2 heterocycles. The summed E-state index contributed by atoms with van der Waals surface area (Å²) in [6.45, 7) is 2.37. The molecule has 1 aromatic heterocycles. The van der Waals surface area contributed by atoms with Crippen LogP contribution in [0, 0.1) is 0 Å². The van der Waals surface area contributed by atoms with Crippen molar-refractivity contribution in [1.82, 2.24) is 0 Å². The molecule has 0 saturated heterocycles. The van der Waals surface area contributed by atoms with Crippen LogP contribution in [0.4, 0.5) is 11.4 Å². The fourth-order valence-electron chi connectivity index (χ4n) is 2.58. The fourth-order valence-corrected chi connectivity index (χ4v) is 3.25. The van der Waals surface area contributed by atoms with E-state index in [1.165, 1.54) is 11.3 Å². The van der Waals surface area contributed by atoms with E-state index < -0.39 is 11.9 Å². The van der Waals surface area contributed by atoms with Crippen LogP contribution < -0.4 is 10.2 Å². The first-order valence-corrected chi connectivity index (χ1v) is 8.44. The minimum absolute atomic E-state index is 0.0578. The molecule has 0 bridgehead atoms. The van der Waals surface area contributed by atoms with E-state index >= 15 is 0 Å². The van der Waals surface area contributed by atoms with E-state index in [2.05, 4.69) is 10.1 Å². The van der Waals surface area contributed by atoms with Crippen molar-refractivity contribution < 1.29 is 19.1 Å². The molecule has 124 valence electrons. The van der Waals surface area contributed by atoms with Crippen molar-refractivity contribution in [3.63, 3.8) is 0 Å². The van der Waals surface area contributed by atoms with Gasteiger partial charge in [0.1, 0.15) is 0 Å². The Labute approximate surface area is 143 Å². The second-order valence-corrected chi connectivity index (χ2v) is 6.15. The zero-order valence-electron chi connectivity index (χ0n) is 13.1. The number of esters is 1. The summed E-state index contributed by atoms with van der Waals surface area (Å²) in [4.78, 5) is 38.1. The van der Waals surface area contributed by atoms with Crippen LogP contribution >= 0.6 is 11.3 Å². The predicted molar refractivity (Wildman–Crippen MR) is 91.4 cm³/mol. The highest BCUT2D eigenvalue weighted by Gasteiger charge is 2.27. The molecule has 1 aromatic carbocycles. The highest BCUT2D eigenvalue weighted by molar-refractivity contribution is 7.12. The molecule has 24 heavy (non-hydrogen) atoms. The summed E-state index contributed by atoms with van der Waals surface area (Å²) in [7, 11) is 0. The van der Waals surface area contributed by atoms with Crippen molar-refractivity contribution in [2.75, 3.05) is 23.4 Å². The number of anilines is 2. The second-order valence-electron chi connectivity index (χ2n) is 5.20. The maximum atomic E-state index is 12.6. The minimum atomic E-state index is -0.926. The molecule has 0 unspecified atom stereocenters. The van der Waals surface area contributed by atoms with Crippen molar-refractivity contribution >= 4 is 40.5 Å². The summed E-state index contributed by atoms with van der Waals surface area (Å²) >= 11 is 1.39. The molecule has 1 N–H and O–H groups in total. The van der Waals surface area contributed by atoms with Crippen molar-refractivity contribution in [2.45, 2.75) is 13.3 Å². The molecular weight excluding hydrogens is 328 g/mol. The van der Waals surface area contributed by atoms with Gasteiger partial charge in [-0.3, -0.25) is 9.59 Å². The van der Waals surface area contributed by atoms with Crippen LogP contribution in [0.25, 0.3) is 0 Å². The second kappa shape index (κ2) is 6.84. The Hall–Kier alpha value is -2.67. The average Bonchev–Trinajstić information content (AvgIpc) is 3.24. The van der Waals surface area contributed by atoms with Gasteiger partial charge in [0.25, 0.3) is 5.91 Å². The first-order valence-electron chi connectivity index (χ1n) is 7.56. The topological polar surface area (TPSA) is 75.7 Å². The largest absolute Gasteiger partial charge is 0.459 e. The smallest absolute Gasteiger partial charge is 0.397 e. The predicted octanol–water partition coefficient (Wildman–Crippen LogP) is 2.45. The summed E-state index contributed by atoms with van der Waals surface area (Å²) in [5.74, 6) is -1.81. The normalized spacial score (nSPS) is 12.6. The van der Waals surface area contributed by atoms with Gasteiger partial charge >= 0.3 is 11.9 Å². The van der Waals surface area contributed by atoms with Crippen molar-refractivity contribution in [1.29, 1.82) is 0 Å². The number of hydrogen-bond donors (Lipinski definition) is 1. The standard InChI is InChI=1S/C17H16N2O4S/c1-2-23-17(22)15(20)18-12-6-5-11-7-8-19(13(11)10-12)16(21)14-4-3-9-24-14/h3-6,9-10H,2,7-8H2,1H3,(H,18,20). The number of ether oxygens (including phenoxy) is 1. The lowest BCUT2D eigenvalue weighted by atomic mass is 10.1. The Morgan fingerprint density at radius 1 is 1.29 bits per heavy atom. The number of fused-ring (bicyclic) bond motifs is 1. The number of carbonyl (C=O) groups excluding carboxylic acids is 3. The van der Waals surface area contributed by atoms with Gasteiger partial charge in [-0.1, -0.05) is 12.1 Å². The van der Waals surface area contributed by atoms with Crippen LogP contribution in [0.5, 0.6) is 0 Å². The zero-order chi connectivity index (χ0) is 17.1. The molecule has 2 amide bonds. The van der Waals surface area contributed by atoms with Gasteiger partial charge in [-0.25, -0.2) is 4.79 Å². The molecule has 0 saturated carbocycles. The number of benzene rings is 1. The Balaban J connectivity index is 1.80. The number of carbonyl (C=O) groups is 3. The van der Waals surface area contributed by atoms with Crippen molar-refractivity contribution in [2.24, 2.45) is 0 Å². The monoisotopic (exact) mass is 344 g/mol. The Morgan fingerprint density at radius 3 is 2.83 bits per heavy atom. The molecule has 0 fully saturated rings. The lowest BCUT2D eigenvalue weighted by Crippen LogP contribution is -2.28. The van der Waals surface area contributed by atoms with E-state index in [1.54, 1.807) is 30.0 Å². The Morgan fingerprint density at radius 2 is 2.12 bits per heavy atom. The van der Waals surface area contributed by atoms with Crippen LogP contribution in [0.15, 0.2) is 35.7 Å². The third-order valence-electron chi connectivity index (χ3n) is 3.68. The maximum absolute atomic E-state index is 12.6. The van der Waals surface area contributed by atoms with Gasteiger partial charge in [-0.2, -0.15) is 0 Å². The Kier molecular flexibility index (Phi) is 4.61. The number of rotatable bonds is 3. The lowest BCUT2D eigenvalue weighted by molar-refractivity contribution is -0.152. The van der Waals surface area contributed by atoms with E-state index in [1.807, 2.05) is 17.5 Å². The number of amides is 2. The minimum Gasteiger partial charge on any atom is -0.459 e. The number of hydrogen-bond acceptors (Lipinski definition) is 5. The molecule has 7 heteroatoms. The van der Waals surface area contributed by atoms with Crippen LogP contribution in [0.1, 0.15) is 22.2 Å². The van der Waals surface area contributed by atoms with Crippen LogP contribution in [-0.2, 0) is 20.7 Å².